The van der Waals surface area contributed by atoms with Gasteiger partial charge in [-0.25, -0.2) is 9.59 Å². The second-order valence-corrected chi connectivity index (χ2v) is 3.78. The molecule has 2 rings (SSSR count). The van der Waals surface area contributed by atoms with Crippen LogP contribution in [0.2, 0.25) is 0 Å². The Morgan fingerprint density at radius 3 is 2.80 bits per heavy atom. The van der Waals surface area contributed by atoms with Crippen LogP contribution >= 0.6 is 0 Å². The lowest BCUT2D eigenvalue weighted by Crippen LogP contribution is -2.15. The van der Waals surface area contributed by atoms with Gasteiger partial charge in [-0.3, -0.25) is 0 Å². The molecule has 0 radical (unpaired) electrons. The van der Waals surface area contributed by atoms with Crippen molar-refractivity contribution in [3.05, 3.63) is 36.2 Å². The summed E-state index contributed by atoms with van der Waals surface area (Å²) in [6.45, 7) is 0. The van der Waals surface area contributed by atoms with E-state index >= 15 is 0 Å². The number of nitrogens with zero attached hydrogens (tertiary/aromatic N) is 1. The monoisotopic (exact) mass is 276 g/mol. The van der Waals surface area contributed by atoms with E-state index < -0.39 is 11.9 Å². The smallest absolute Gasteiger partial charge is 0.354 e. The Morgan fingerprint density at radius 1 is 1.30 bits per heavy atom. The van der Waals surface area contributed by atoms with Gasteiger partial charge in [-0.15, -0.1) is 0 Å². The molecule has 1 aromatic heterocycles. The van der Waals surface area contributed by atoms with Gasteiger partial charge in [-0.2, -0.15) is 0 Å². The topological polar surface area (TPSA) is 90.7 Å². The van der Waals surface area contributed by atoms with Gasteiger partial charge < -0.3 is 19.3 Å². The zero-order chi connectivity index (χ0) is 14.5. The number of ether oxygens (including phenoxy) is 2. The van der Waals surface area contributed by atoms with Gasteiger partial charge in [-0.05, 0) is 12.1 Å². The first-order chi connectivity index (χ1) is 9.63. The molecule has 0 saturated heterocycles. The molecule has 0 aliphatic heterocycles. The normalized spacial score (nSPS) is 11.2. The van der Waals surface area contributed by atoms with Crippen LogP contribution in [-0.2, 0) is 19.1 Å². The van der Waals surface area contributed by atoms with Crippen LogP contribution in [0.15, 0.2) is 40.7 Å². The van der Waals surface area contributed by atoms with Crippen LogP contribution in [0.3, 0.4) is 0 Å². The number of carbonyl (C=O) groups excluding carboxylic acids is 2. The molecule has 7 nitrogen and oxygen atoms in total. The highest BCUT2D eigenvalue weighted by Crippen LogP contribution is 2.20. The molecule has 0 saturated carbocycles. The summed E-state index contributed by atoms with van der Waals surface area (Å²) < 4.78 is 14.1. The third kappa shape index (κ3) is 2.94. The Hall–Kier alpha value is -2.83. The molecule has 0 fully saturated rings. The van der Waals surface area contributed by atoms with Gasteiger partial charge in [0.05, 0.1) is 26.5 Å². The molecule has 0 atom stereocenters. The number of aromatic nitrogens is 1. The number of fused-ring (bicyclic) bond motifs is 1. The Labute approximate surface area is 114 Å². The minimum Gasteiger partial charge on any atom is -0.466 e. The van der Waals surface area contributed by atoms with Crippen molar-refractivity contribution in [1.29, 1.82) is 0 Å². The van der Waals surface area contributed by atoms with E-state index in [1.54, 1.807) is 24.4 Å². The summed E-state index contributed by atoms with van der Waals surface area (Å²) in [6.07, 6.45) is 2.58. The lowest BCUT2D eigenvalue weighted by atomic mass is 10.2. The van der Waals surface area contributed by atoms with Crippen molar-refractivity contribution in [2.45, 2.75) is 0 Å². The fourth-order valence-electron chi connectivity index (χ4n) is 1.53. The number of nitrogens with one attached hydrogen (secondary N) is 1. The summed E-state index contributed by atoms with van der Waals surface area (Å²) in [5.41, 5.74) is 1.06. The maximum Gasteiger partial charge on any atom is 0.354 e. The van der Waals surface area contributed by atoms with Gasteiger partial charge in [0, 0.05) is 17.1 Å². The molecule has 20 heavy (non-hydrogen) atoms. The first-order valence-corrected chi connectivity index (χ1v) is 5.63. The van der Waals surface area contributed by atoms with Gasteiger partial charge in [0.15, 0.2) is 5.58 Å². The minimum absolute atomic E-state index is 0.0433. The number of anilines is 1. The van der Waals surface area contributed by atoms with Gasteiger partial charge in [-0.1, -0.05) is 5.16 Å². The second kappa shape index (κ2) is 5.87. The summed E-state index contributed by atoms with van der Waals surface area (Å²) in [5.74, 6) is -1.35. The molecule has 1 aromatic carbocycles. The van der Waals surface area contributed by atoms with Crippen molar-refractivity contribution in [2.75, 3.05) is 19.5 Å². The van der Waals surface area contributed by atoms with Crippen molar-refractivity contribution < 1.29 is 23.6 Å². The van der Waals surface area contributed by atoms with Crippen molar-refractivity contribution in [2.24, 2.45) is 0 Å². The van der Waals surface area contributed by atoms with Crippen LogP contribution in [0.5, 0.6) is 0 Å². The predicted octanol–water partition coefficient (Wildman–Crippen LogP) is 1.47. The number of hydrogen-bond donors (Lipinski definition) is 1. The molecular weight excluding hydrogens is 264 g/mol. The molecule has 104 valence electrons. The average Bonchev–Trinajstić information content (AvgIpc) is 2.93. The number of rotatable bonds is 4. The van der Waals surface area contributed by atoms with E-state index in [4.69, 9.17) is 4.52 Å². The molecule has 1 N–H and O–H groups in total. The van der Waals surface area contributed by atoms with Gasteiger partial charge >= 0.3 is 11.9 Å². The van der Waals surface area contributed by atoms with E-state index in [0.717, 1.165) is 11.5 Å². The summed E-state index contributed by atoms with van der Waals surface area (Å²) in [7, 11) is 2.43. The van der Waals surface area contributed by atoms with Crippen molar-refractivity contribution in [1.82, 2.24) is 5.16 Å². The fourth-order valence-corrected chi connectivity index (χ4v) is 1.53. The Kier molecular flexibility index (Phi) is 3.99. The highest BCUT2D eigenvalue weighted by atomic mass is 16.5. The minimum atomic E-state index is -0.687. The highest BCUT2D eigenvalue weighted by Gasteiger charge is 2.13. The van der Waals surface area contributed by atoms with Gasteiger partial charge in [0.25, 0.3) is 0 Å². The lowest BCUT2D eigenvalue weighted by molar-refractivity contribution is -0.138. The number of methoxy groups -OCH3 is 2. The zero-order valence-corrected chi connectivity index (χ0v) is 10.9. The summed E-state index contributed by atoms with van der Waals surface area (Å²) >= 11 is 0. The highest BCUT2D eigenvalue weighted by molar-refractivity contribution is 5.99. The Balaban J connectivity index is 2.28. The van der Waals surface area contributed by atoms with Crippen LogP contribution in [-0.4, -0.2) is 31.3 Å². The van der Waals surface area contributed by atoms with Crippen LogP contribution in [0.25, 0.3) is 11.0 Å². The molecule has 0 aliphatic carbocycles. The largest absolute Gasteiger partial charge is 0.466 e. The average molecular weight is 276 g/mol. The summed E-state index contributed by atoms with van der Waals surface area (Å²) in [5, 5.41) is 7.25. The molecule has 7 heteroatoms. The standard InChI is InChI=1S/C13H12N2O5/c1-18-12(16)6-10(13(17)19-2)15-9-4-3-8-7-14-20-11(8)5-9/h3-7,15H,1-2H3/b10-6+. The lowest BCUT2D eigenvalue weighted by Gasteiger charge is -2.08. The van der Waals surface area contributed by atoms with E-state index in [1.165, 1.54) is 14.2 Å². The summed E-state index contributed by atoms with van der Waals surface area (Å²) in [4.78, 5) is 22.8. The Bertz CT molecular complexity index is 674. The molecule has 0 aliphatic rings. The first kappa shape index (κ1) is 13.6. The molecule has 0 amide bonds. The molecule has 2 aromatic rings. The molecule has 0 bridgehead atoms. The number of hydrogen-bond acceptors (Lipinski definition) is 7. The van der Waals surface area contributed by atoms with Crippen LogP contribution < -0.4 is 5.32 Å². The molecule has 1 heterocycles. The number of carbonyl (C=O) groups is 2. The predicted molar refractivity (Wildman–Crippen MR) is 69.7 cm³/mol. The maximum absolute atomic E-state index is 11.6. The van der Waals surface area contributed by atoms with Gasteiger partial charge in [0.2, 0.25) is 0 Å². The van der Waals surface area contributed by atoms with E-state index in [-0.39, 0.29) is 5.70 Å². The summed E-state index contributed by atoms with van der Waals surface area (Å²) in [6, 6.07) is 5.13. The second-order valence-electron chi connectivity index (χ2n) is 3.78. The van der Waals surface area contributed by atoms with Gasteiger partial charge in [0.1, 0.15) is 5.70 Å². The van der Waals surface area contributed by atoms with Crippen LogP contribution in [0.1, 0.15) is 0 Å². The van der Waals surface area contributed by atoms with E-state index in [9.17, 15) is 9.59 Å². The number of benzene rings is 1. The zero-order valence-electron chi connectivity index (χ0n) is 10.9. The third-order valence-electron chi connectivity index (χ3n) is 2.50. The van der Waals surface area contributed by atoms with E-state index in [1.807, 2.05) is 0 Å². The third-order valence-corrected chi connectivity index (χ3v) is 2.50. The molecule has 0 unspecified atom stereocenters. The van der Waals surface area contributed by atoms with Crippen molar-refractivity contribution >= 4 is 28.6 Å². The van der Waals surface area contributed by atoms with E-state index in [2.05, 4.69) is 19.9 Å². The Morgan fingerprint density at radius 2 is 2.10 bits per heavy atom. The fraction of sp³-hybridized carbons (Fsp3) is 0.154. The van der Waals surface area contributed by atoms with E-state index in [0.29, 0.717) is 11.3 Å². The first-order valence-electron chi connectivity index (χ1n) is 5.63. The van der Waals surface area contributed by atoms with Crippen molar-refractivity contribution in [3.63, 3.8) is 0 Å². The SMILES string of the molecule is COC(=O)/C=C(/Nc1ccc2cnoc2c1)C(=O)OC. The van der Waals surface area contributed by atoms with Crippen molar-refractivity contribution in [3.8, 4) is 0 Å². The van der Waals surface area contributed by atoms with Crippen LogP contribution in [0, 0.1) is 0 Å². The van der Waals surface area contributed by atoms with Crippen LogP contribution in [0.4, 0.5) is 5.69 Å². The quantitative estimate of drug-likeness (QED) is 0.667. The molecular formula is C13H12N2O5. The molecule has 0 spiro atoms. The maximum atomic E-state index is 11.6. The number of esters is 2.